The zero-order valence-electron chi connectivity index (χ0n) is 18.6. The monoisotopic (exact) mass is 480 g/mol. The van der Waals surface area contributed by atoms with Crippen LogP contribution in [0.1, 0.15) is 31.4 Å². The number of hydrogen-bond acceptors (Lipinski definition) is 5. The third-order valence-electron chi connectivity index (χ3n) is 4.80. The Hall–Kier alpha value is -3.84. The maximum atomic E-state index is 12.1. The van der Waals surface area contributed by atoms with Crippen molar-refractivity contribution in [2.45, 2.75) is 25.8 Å². The zero-order chi connectivity index (χ0) is 24.3. The molecule has 0 aliphatic heterocycles. The first kappa shape index (κ1) is 24.8. The van der Waals surface area contributed by atoms with Crippen LogP contribution in [0.15, 0.2) is 78.9 Å². The van der Waals surface area contributed by atoms with Crippen molar-refractivity contribution in [1.29, 1.82) is 0 Å². The Morgan fingerprint density at radius 3 is 2.24 bits per heavy atom. The molecular weight excluding hydrogens is 456 g/mol. The lowest BCUT2D eigenvalue weighted by atomic mass is 10.1. The molecule has 0 aliphatic rings. The molecule has 0 fully saturated rings. The van der Waals surface area contributed by atoms with E-state index in [1.807, 2.05) is 49.4 Å². The molecule has 2 amide bonds. The van der Waals surface area contributed by atoms with Crippen molar-refractivity contribution in [2.75, 3.05) is 11.9 Å². The van der Waals surface area contributed by atoms with Gasteiger partial charge in [0, 0.05) is 12.1 Å². The van der Waals surface area contributed by atoms with E-state index < -0.39 is 18.5 Å². The summed E-state index contributed by atoms with van der Waals surface area (Å²) in [7, 11) is 0. The van der Waals surface area contributed by atoms with Crippen molar-refractivity contribution in [2.24, 2.45) is 0 Å². The lowest BCUT2D eigenvalue weighted by Crippen LogP contribution is -2.31. The van der Waals surface area contributed by atoms with Crippen LogP contribution in [0, 0.1) is 0 Å². The number of benzene rings is 3. The molecule has 0 saturated carbocycles. The van der Waals surface area contributed by atoms with Crippen LogP contribution in [-0.2, 0) is 19.1 Å². The third-order valence-corrected chi connectivity index (χ3v) is 5.11. The zero-order valence-corrected chi connectivity index (χ0v) is 19.4. The second kappa shape index (κ2) is 12.4. The summed E-state index contributed by atoms with van der Waals surface area (Å²) in [5.74, 6) is -0.287. The lowest BCUT2D eigenvalue weighted by molar-refractivity contribution is -0.149. The van der Waals surface area contributed by atoms with Crippen LogP contribution in [0.3, 0.4) is 0 Å². The quantitative estimate of drug-likeness (QED) is 0.385. The molecule has 0 aliphatic carbocycles. The Labute approximate surface area is 203 Å². The van der Waals surface area contributed by atoms with Gasteiger partial charge < -0.3 is 20.1 Å². The van der Waals surface area contributed by atoms with Gasteiger partial charge in [-0.05, 0) is 48.9 Å². The number of halogens is 1. The molecule has 0 saturated heterocycles. The van der Waals surface area contributed by atoms with Crippen molar-refractivity contribution in [1.82, 2.24) is 5.32 Å². The molecule has 8 heteroatoms. The minimum Gasteiger partial charge on any atom is -0.456 e. The number of ether oxygens (including phenoxy) is 2. The fourth-order valence-corrected chi connectivity index (χ4v) is 3.20. The minimum atomic E-state index is -0.624. The number of nitrogens with one attached hydrogen (secondary N) is 2. The Bertz CT molecular complexity index is 1120. The predicted molar refractivity (Wildman–Crippen MR) is 130 cm³/mol. The van der Waals surface area contributed by atoms with Gasteiger partial charge in [0.25, 0.3) is 5.91 Å². The number of amides is 2. The number of rotatable bonds is 10. The lowest BCUT2D eigenvalue weighted by Gasteiger charge is -2.14. The van der Waals surface area contributed by atoms with E-state index in [0.717, 1.165) is 5.56 Å². The third kappa shape index (κ3) is 7.94. The van der Waals surface area contributed by atoms with Crippen LogP contribution in [0.4, 0.5) is 5.69 Å². The second-order valence-corrected chi connectivity index (χ2v) is 7.87. The fraction of sp³-hybridized carbons (Fsp3) is 0.192. The first-order valence-corrected chi connectivity index (χ1v) is 11.1. The number of hydrogen-bond donors (Lipinski definition) is 2. The largest absolute Gasteiger partial charge is 0.456 e. The molecule has 0 bridgehead atoms. The van der Waals surface area contributed by atoms with E-state index in [-0.39, 0.29) is 24.8 Å². The second-order valence-electron chi connectivity index (χ2n) is 7.47. The van der Waals surface area contributed by atoms with Crippen LogP contribution < -0.4 is 15.4 Å². The summed E-state index contributed by atoms with van der Waals surface area (Å²) in [6.07, 6.45) is -0.209. The number of esters is 1. The number of carbonyl (C=O) groups excluding carboxylic acids is 3. The molecule has 0 radical (unpaired) electrons. The molecule has 0 unspecified atom stereocenters. The van der Waals surface area contributed by atoms with E-state index in [0.29, 0.717) is 22.2 Å². The van der Waals surface area contributed by atoms with Gasteiger partial charge in [-0.15, -0.1) is 0 Å². The molecule has 3 aromatic rings. The molecule has 34 heavy (non-hydrogen) atoms. The molecule has 3 rings (SSSR count). The summed E-state index contributed by atoms with van der Waals surface area (Å²) >= 11 is 6.08. The van der Waals surface area contributed by atoms with Gasteiger partial charge >= 0.3 is 5.97 Å². The molecule has 0 heterocycles. The Morgan fingerprint density at radius 2 is 1.53 bits per heavy atom. The number of anilines is 1. The maximum Gasteiger partial charge on any atom is 0.306 e. The average molecular weight is 481 g/mol. The number of para-hydroxylation sites is 1. The standard InChI is InChI=1S/C26H25ClN2O5/c1-18(19-7-3-2-4-8-19)28-25(31)17-33-26(32)16-15-24(30)29-20-11-13-21(14-12-20)34-23-10-6-5-9-22(23)27/h2-14,18H,15-17H2,1H3,(H,28,31)(H,29,30)/t18-/m1/s1. The van der Waals surface area contributed by atoms with Gasteiger partial charge in [0.1, 0.15) is 11.5 Å². The van der Waals surface area contributed by atoms with Crippen molar-refractivity contribution in [3.8, 4) is 11.5 Å². The van der Waals surface area contributed by atoms with E-state index in [9.17, 15) is 14.4 Å². The molecular formula is C26H25ClN2O5. The molecule has 3 aromatic carbocycles. The van der Waals surface area contributed by atoms with E-state index in [1.165, 1.54) is 0 Å². The number of carbonyl (C=O) groups is 3. The average Bonchev–Trinajstić information content (AvgIpc) is 2.84. The van der Waals surface area contributed by atoms with Crippen LogP contribution in [-0.4, -0.2) is 24.4 Å². The highest BCUT2D eigenvalue weighted by molar-refractivity contribution is 6.32. The smallest absolute Gasteiger partial charge is 0.306 e. The molecule has 2 N–H and O–H groups in total. The van der Waals surface area contributed by atoms with Crippen molar-refractivity contribution < 1.29 is 23.9 Å². The summed E-state index contributed by atoms with van der Waals surface area (Å²) in [6.45, 7) is 1.44. The van der Waals surface area contributed by atoms with E-state index in [2.05, 4.69) is 10.6 Å². The minimum absolute atomic E-state index is 0.0707. The van der Waals surface area contributed by atoms with Gasteiger partial charge in [0.2, 0.25) is 5.91 Å². The van der Waals surface area contributed by atoms with Crippen molar-refractivity contribution in [3.63, 3.8) is 0 Å². The van der Waals surface area contributed by atoms with Gasteiger partial charge in [-0.3, -0.25) is 14.4 Å². The summed E-state index contributed by atoms with van der Waals surface area (Å²) in [6, 6.07) is 23.1. The Balaban J connectivity index is 1.36. The summed E-state index contributed by atoms with van der Waals surface area (Å²) in [4.78, 5) is 36.0. The molecule has 7 nitrogen and oxygen atoms in total. The summed E-state index contributed by atoms with van der Waals surface area (Å²) in [5, 5.41) is 5.96. The van der Waals surface area contributed by atoms with Crippen molar-refractivity contribution in [3.05, 3.63) is 89.4 Å². The van der Waals surface area contributed by atoms with Gasteiger partial charge in [0.05, 0.1) is 17.5 Å². The van der Waals surface area contributed by atoms with Crippen LogP contribution in [0.25, 0.3) is 0 Å². The first-order valence-electron chi connectivity index (χ1n) is 10.7. The highest BCUT2D eigenvalue weighted by Crippen LogP contribution is 2.29. The van der Waals surface area contributed by atoms with Gasteiger partial charge in [-0.1, -0.05) is 54.1 Å². The first-order chi connectivity index (χ1) is 16.4. The van der Waals surface area contributed by atoms with E-state index >= 15 is 0 Å². The van der Waals surface area contributed by atoms with Crippen LogP contribution >= 0.6 is 11.6 Å². The SMILES string of the molecule is C[C@@H](NC(=O)COC(=O)CCC(=O)Nc1ccc(Oc2ccccc2Cl)cc1)c1ccccc1. The predicted octanol–water partition coefficient (Wildman–Crippen LogP) is 5.27. The normalized spacial score (nSPS) is 11.2. The van der Waals surface area contributed by atoms with Gasteiger partial charge in [-0.2, -0.15) is 0 Å². The molecule has 1 atom stereocenters. The van der Waals surface area contributed by atoms with E-state index in [1.54, 1.807) is 36.4 Å². The molecule has 0 aromatic heterocycles. The highest BCUT2D eigenvalue weighted by Gasteiger charge is 2.13. The Kier molecular flexibility index (Phi) is 9.05. The topological polar surface area (TPSA) is 93.7 Å². The molecule has 0 spiro atoms. The fourth-order valence-electron chi connectivity index (χ4n) is 3.03. The molecule has 176 valence electrons. The summed E-state index contributed by atoms with van der Waals surface area (Å²) in [5.41, 5.74) is 1.50. The van der Waals surface area contributed by atoms with Gasteiger partial charge in [0.15, 0.2) is 6.61 Å². The van der Waals surface area contributed by atoms with E-state index in [4.69, 9.17) is 21.1 Å². The van der Waals surface area contributed by atoms with Crippen molar-refractivity contribution >= 4 is 35.1 Å². The maximum absolute atomic E-state index is 12.1. The van der Waals surface area contributed by atoms with Crippen LogP contribution in [0.5, 0.6) is 11.5 Å². The highest BCUT2D eigenvalue weighted by atomic mass is 35.5. The summed E-state index contributed by atoms with van der Waals surface area (Å²) < 4.78 is 10.7. The Morgan fingerprint density at radius 1 is 0.853 bits per heavy atom. The van der Waals surface area contributed by atoms with Crippen LogP contribution in [0.2, 0.25) is 5.02 Å². The van der Waals surface area contributed by atoms with Gasteiger partial charge in [-0.25, -0.2) is 0 Å².